The quantitative estimate of drug-likeness (QED) is 0.0228. The number of carboxylic acids is 1. The van der Waals surface area contributed by atoms with Crippen molar-refractivity contribution in [3.8, 4) is 0 Å². The molecule has 1 rings (SSSR count). The summed E-state index contributed by atoms with van der Waals surface area (Å²) in [6.45, 7) is 5.76. The van der Waals surface area contributed by atoms with Gasteiger partial charge in [0.2, 0.25) is 0 Å². The van der Waals surface area contributed by atoms with Gasteiger partial charge in [0.15, 0.2) is 24.6 Å². The highest BCUT2D eigenvalue weighted by Gasteiger charge is 2.50. The SMILES string of the molecule is CC/C=C\C/C=C\C/C=C\C/C=C\C/C=C\CC(=O)OCC(COC1OC(C(=O)O)C(O)C(O)C1OC(=O)CCCCCCCCCCCCCCC)OC(=O)CCCCCCCCCCCCC. The van der Waals surface area contributed by atoms with Gasteiger partial charge in [-0.2, -0.15) is 0 Å². The number of hydrogen-bond donors (Lipinski definition) is 3. The number of carbonyl (C=O) groups is 4. The topological polar surface area (TPSA) is 175 Å². The molecule has 12 nitrogen and oxygen atoms in total. The molecule has 0 aliphatic carbocycles. The van der Waals surface area contributed by atoms with Crippen LogP contribution in [0.1, 0.15) is 226 Å². The van der Waals surface area contributed by atoms with Crippen molar-refractivity contribution in [3.63, 3.8) is 0 Å². The summed E-state index contributed by atoms with van der Waals surface area (Å²) in [6.07, 6.45) is 42.3. The van der Waals surface area contributed by atoms with E-state index in [1.807, 2.05) is 12.2 Å². The molecule has 1 fully saturated rings. The molecular formula is C57H96O12. The first-order chi connectivity index (χ1) is 33.6. The normalized spacial score (nSPS) is 19.1. The van der Waals surface area contributed by atoms with Gasteiger partial charge in [-0.05, 0) is 44.9 Å². The molecule has 69 heavy (non-hydrogen) atoms. The standard InChI is InChI=1S/C57H96O12/c1-4-7-10-13-16-19-22-24-25-27-29-31-34-37-40-43-49(58)65-46-48(67-50(59)44-41-38-35-32-28-21-18-15-12-9-6-3)47-66-57-55(53(62)52(61)54(69-57)56(63)64)68-51(60)45-42-39-36-33-30-26-23-20-17-14-11-8-5-2/h7,10,16,19,24-25,29,31,37,40,48,52-55,57,61-62H,4-6,8-9,11-15,17-18,20-23,26-28,30,32-36,38-39,41-47H2,1-3H3,(H,63,64)/b10-7-,19-16-,25-24-,31-29-,40-37-. The van der Waals surface area contributed by atoms with Gasteiger partial charge in [0, 0.05) is 12.8 Å². The Morgan fingerprint density at radius 3 is 1.33 bits per heavy atom. The Labute approximate surface area is 417 Å². The van der Waals surface area contributed by atoms with Crippen LogP contribution in [0.3, 0.4) is 0 Å². The molecule has 1 saturated heterocycles. The molecule has 0 radical (unpaired) electrons. The highest BCUT2D eigenvalue weighted by atomic mass is 16.7. The molecule has 396 valence electrons. The molecule has 0 bridgehead atoms. The van der Waals surface area contributed by atoms with Crippen LogP contribution in [0, 0.1) is 0 Å². The third-order valence-electron chi connectivity index (χ3n) is 12.1. The van der Waals surface area contributed by atoms with E-state index >= 15 is 0 Å². The van der Waals surface area contributed by atoms with Crippen molar-refractivity contribution in [2.75, 3.05) is 13.2 Å². The first kappa shape index (κ1) is 63.4. The fraction of sp³-hybridized carbons (Fsp3) is 0.754. The summed E-state index contributed by atoms with van der Waals surface area (Å²) < 4.78 is 28.2. The van der Waals surface area contributed by atoms with Crippen molar-refractivity contribution in [3.05, 3.63) is 60.8 Å². The van der Waals surface area contributed by atoms with Crippen molar-refractivity contribution in [1.29, 1.82) is 0 Å². The van der Waals surface area contributed by atoms with Gasteiger partial charge in [-0.25, -0.2) is 4.79 Å². The molecule has 0 saturated carbocycles. The maximum atomic E-state index is 13.1. The lowest BCUT2D eigenvalue weighted by molar-refractivity contribution is -0.301. The smallest absolute Gasteiger partial charge is 0.335 e. The number of hydrogen-bond acceptors (Lipinski definition) is 11. The Balaban J connectivity index is 2.77. The van der Waals surface area contributed by atoms with Gasteiger partial charge >= 0.3 is 23.9 Å². The molecule has 1 aliphatic rings. The summed E-state index contributed by atoms with van der Waals surface area (Å²) in [5.74, 6) is -3.27. The average Bonchev–Trinajstić information content (AvgIpc) is 3.33. The Kier molecular flexibility index (Phi) is 41.9. The van der Waals surface area contributed by atoms with Crippen LogP contribution >= 0.6 is 0 Å². The molecule has 1 heterocycles. The second-order valence-corrected chi connectivity index (χ2v) is 18.5. The molecule has 3 N–H and O–H groups in total. The van der Waals surface area contributed by atoms with Gasteiger partial charge in [0.05, 0.1) is 13.0 Å². The van der Waals surface area contributed by atoms with Gasteiger partial charge in [0.1, 0.15) is 18.8 Å². The molecule has 1 aliphatic heterocycles. The first-order valence-electron chi connectivity index (χ1n) is 27.3. The van der Waals surface area contributed by atoms with E-state index in [1.54, 1.807) is 6.08 Å². The van der Waals surface area contributed by atoms with E-state index in [9.17, 15) is 34.5 Å². The molecule has 0 amide bonds. The summed E-state index contributed by atoms with van der Waals surface area (Å²) in [7, 11) is 0. The maximum absolute atomic E-state index is 13.1. The number of allylic oxidation sites excluding steroid dienone is 9. The number of aliphatic carboxylic acids is 1. The Hall–Kier alpha value is -3.58. The van der Waals surface area contributed by atoms with Gasteiger partial charge in [-0.15, -0.1) is 0 Å². The minimum absolute atomic E-state index is 0.0127. The Morgan fingerprint density at radius 2 is 0.899 bits per heavy atom. The van der Waals surface area contributed by atoms with Crippen LogP contribution < -0.4 is 0 Å². The van der Waals surface area contributed by atoms with Crippen molar-refractivity contribution in [2.24, 2.45) is 0 Å². The zero-order valence-corrected chi connectivity index (χ0v) is 43.3. The summed E-state index contributed by atoms with van der Waals surface area (Å²) in [4.78, 5) is 50.8. The predicted octanol–water partition coefficient (Wildman–Crippen LogP) is 13.2. The largest absolute Gasteiger partial charge is 0.479 e. The van der Waals surface area contributed by atoms with Gasteiger partial charge in [0.25, 0.3) is 0 Å². The number of ether oxygens (including phenoxy) is 5. The predicted molar refractivity (Wildman–Crippen MR) is 275 cm³/mol. The van der Waals surface area contributed by atoms with Crippen LogP contribution in [0.25, 0.3) is 0 Å². The molecule has 6 atom stereocenters. The maximum Gasteiger partial charge on any atom is 0.335 e. The van der Waals surface area contributed by atoms with Gasteiger partial charge in [-0.1, -0.05) is 223 Å². The molecule has 0 aromatic carbocycles. The molecular weight excluding hydrogens is 877 g/mol. The van der Waals surface area contributed by atoms with Crippen molar-refractivity contribution < 1.29 is 58.2 Å². The molecule has 0 aromatic heterocycles. The summed E-state index contributed by atoms with van der Waals surface area (Å²) in [5.41, 5.74) is 0. The lowest BCUT2D eigenvalue weighted by Gasteiger charge is -2.40. The third kappa shape index (κ3) is 36.1. The summed E-state index contributed by atoms with van der Waals surface area (Å²) in [6, 6.07) is 0. The zero-order chi connectivity index (χ0) is 50.4. The van der Waals surface area contributed by atoms with E-state index < -0.39 is 67.3 Å². The van der Waals surface area contributed by atoms with E-state index in [-0.39, 0.29) is 25.9 Å². The van der Waals surface area contributed by atoms with Gasteiger partial charge in [-0.3, -0.25) is 14.4 Å². The Morgan fingerprint density at radius 1 is 0.493 bits per heavy atom. The van der Waals surface area contributed by atoms with E-state index in [1.165, 1.54) is 96.3 Å². The molecule has 0 aromatic rings. The van der Waals surface area contributed by atoms with Crippen LogP contribution in [0.4, 0.5) is 0 Å². The number of unbranched alkanes of at least 4 members (excludes halogenated alkanes) is 22. The minimum atomic E-state index is -1.91. The van der Waals surface area contributed by atoms with E-state index in [2.05, 4.69) is 63.3 Å². The number of aliphatic hydroxyl groups excluding tert-OH is 2. The lowest BCUT2D eigenvalue weighted by atomic mass is 9.98. The van der Waals surface area contributed by atoms with E-state index in [0.29, 0.717) is 19.3 Å². The van der Waals surface area contributed by atoms with Crippen LogP contribution in [0.2, 0.25) is 0 Å². The van der Waals surface area contributed by atoms with E-state index in [4.69, 9.17) is 23.7 Å². The highest BCUT2D eigenvalue weighted by Crippen LogP contribution is 2.26. The van der Waals surface area contributed by atoms with Crippen molar-refractivity contribution in [1.82, 2.24) is 0 Å². The van der Waals surface area contributed by atoms with Crippen LogP contribution in [-0.4, -0.2) is 89.2 Å². The van der Waals surface area contributed by atoms with Crippen LogP contribution in [-0.2, 0) is 42.9 Å². The lowest BCUT2D eigenvalue weighted by Crippen LogP contribution is -2.61. The summed E-state index contributed by atoms with van der Waals surface area (Å²) >= 11 is 0. The number of carbonyl (C=O) groups excluding carboxylic acids is 3. The second-order valence-electron chi connectivity index (χ2n) is 18.5. The van der Waals surface area contributed by atoms with Crippen molar-refractivity contribution >= 4 is 23.9 Å². The Bertz CT molecular complexity index is 1440. The minimum Gasteiger partial charge on any atom is -0.479 e. The molecule has 6 unspecified atom stereocenters. The second kappa shape index (κ2) is 45.6. The monoisotopic (exact) mass is 973 g/mol. The number of carboxylic acid groups (broad SMARTS) is 1. The van der Waals surface area contributed by atoms with Crippen LogP contribution in [0.15, 0.2) is 60.8 Å². The fourth-order valence-electron chi connectivity index (χ4n) is 7.97. The first-order valence-corrected chi connectivity index (χ1v) is 27.3. The molecule has 0 spiro atoms. The molecule has 12 heteroatoms. The summed E-state index contributed by atoms with van der Waals surface area (Å²) in [5, 5.41) is 31.3. The van der Waals surface area contributed by atoms with Gasteiger partial charge < -0.3 is 39.0 Å². The fourth-order valence-corrected chi connectivity index (χ4v) is 7.97. The third-order valence-corrected chi connectivity index (χ3v) is 12.1. The zero-order valence-electron chi connectivity index (χ0n) is 43.3. The number of esters is 3. The average molecular weight is 973 g/mol. The number of aliphatic hydroxyl groups is 2. The van der Waals surface area contributed by atoms with Crippen LogP contribution in [0.5, 0.6) is 0 Å². The van der Waals surface area contributed by atoms with Crippen molar-refractivity contribution in [2.45, 2.75) is 263 Å². The highest BCUT2D eigenvalue weighted by molar-refractivity contribution is 5.74. The number of rotatable bonds is 45. The van der Waals surface area contributed by atoms with E-state index in [0.717, 1.165) is 70.6 Å².